The summed E-state index contributed by atoms with van der Waals surface area (Å²) in [5.74, 6) is 0.367. The number of amides is 2. The number of carbonyl (C=O) groups excluding carboxylic acids is 1. The van der Waals surface area contributed by atoms with Crippen LogP contribution in [-0.2, 0) is 15.9 Å². The minimum Gasteiger partial charge on any atom is -0.490 e. The van der Waals surface area contributed by atoms with E-state index in [1.54, 1.807) is 17.4 Å². The van der Waals surface area contributed by atoms with Gasteiger partial charge in [0, 0.05) is 36.2 Å². The lowest BCUT2D eigenvalue weighted by Crippen LogP contribution is -2.49. The first kappa shape index (κ1) is 27.4. The second-order valence-electron chi connectivity index (χ2n) is 9.00. The summed E-state index contributed by atoms with van der Waals surface area (Å²) >= 11 is 1.60. The molecule has 2 aliphatic rings. The monoisotopic (exact) mass is 508 g/mol. The van der Waals surface area contributed by atoms with Gasteiger partial charge in [-0.15, -0.1) is 11.3 Å². The summed E-state index contributed by atoms with van der Waals surface area (Å²) in [6.45, 7) is 12.1. The standard InChI is InChI=1S/C28H36N4O3S/c1-5-22(17-24(18-29)21(4)35-20(2)3)27-30-19-25(36-27)11-7-6-9-23-10-8-12-26(23)31-28(33)32-13-15-34-16-14-32/h5-7,9,17,19-20,26H,4,8,10-16H2,1-3H3,(H,31,33)/b7-6-,22-5+,23-9+,24-17-/t26-/m0/s1. The number of hydrogen-bond acceptors (Lipinski definition) is 6. The second kappa shape index (κ2) is 13.8. The van der Waals surface area contributed by atoms with Crippen LogP contribution in [0, 0.1) is 11.3 Å². The molecule has 1 aromatic heterocycles. The molecule has 2 amide bonds. The Morgan fingerprint density at radius 1 is 1.44 bits per heavy atom. The Labute approximate surface area is 218 Å². The number of morpholine rings is 1. The van der Waals surface area contributed by atoms with E-state index in [1.807, 2.05) is 37.9 Å². The molecule has 0 spiro atoms. The average molecular weight is 509 g/mol. The molecule has 1 saturated carbocycles. The first-order valence-electron chi connectivity index (χ1n) is 12.5. The number of thiazole rings is 1. The minimum absolute atomic E-state index is 0.00463. The number of urea groups is 1. The molecule has 1 atom stereocenters. The van der Waals surface area contributed by atoms with E-state index in [4.69, 9.17) is 9.47 Å². The molecule has 36 heavy (non-hydrogen) atoms. The maximum absolute atomic E-state index is 12.5. The quantitative estimate of drug-likeness (QED) is 0.268. The van der Waals surface area contributed by atoms with Crippen LogP contribution in [-0.4, -0.2) is 54.4 Å². The predicted molar refractivity (Wildman–Crippen MR) is 144 cm³/mol. The summed E-state index contributed by atoms with van der Waals surface area (Å²) in [5.41, 5.74) is 2.53. The fraction of sp³-hybridized carbons (Fsp3) is 0.464. The molecule has 2 heterocycles. The number of nitrogens with zero attached hydrogens (tertiary/aromatic N) is 3. The second-order valence-corrected chi connectivity index (χ2v) is 10.1. The van der Waals surface area contributed by atoms with Crippen LogP contribution in [0.2, 0.25) is 0 Å². The fourth-order valence-electron chi connectivity index (χ4n) is 4.10. The van der Waals surface area contributed by atoms with E-state index in [1.165, 1.54) is 5.57 Å². The molecule has 0 bridgehead atoms. The van der Waals surface area contributed by atoms with Gasteiger partial charge < -0.3 is 19.7 Å². The summed E-state index contributed by atoms with van der Waals surface area (Å²) in [4.78, 5) is 20.1. The van der Waals surface area contributed by atoms with E-state index in [0.29, 0.717) is 37.6 Å². The third-order valence-electron chi connectivity index (χ3n) is 5.98. The highest BCUT2D eigenvalue weighted by Crippen LogP contribution is 2.27. The van der Waals surface area contributed by atoms with E-state index in [2.05, 4.69) is 41.2 Å². The van der Waals surface area contributed by atoms with E-state index in [0.717, 1.165) is 41.1 Å². The highest BCUT2D eigenvalue weighted by atomic mass is 32.1. The van der Waals surface area contributed by atoms with Gasteiger partial charge in [-0.2, -0.15) is 5.26 Å². The molecule has 1 saturated heterocycles. The maximum atomic E-state index is 12.5. The lowest BCUT2D eigenvalue weighted by Gasteiger charge is -2.28. The molecule has 3 rings (SSSR count). The molecule has 7 nitrogen and oxygen atoms in total. The van der Waals surface area contributed by atoms with Crippen molar-refractivity contribution in [3.63, 3.8) is 0 Å². The van der Waals surface area contributed by atoms with Gasteiger partial charge in [0.1, 0.15) is 16.8 Å². The zero-order valence-corrected chi connectivity index (χ0v) is 22.3. The molecule has 1 aliphatic carbocycles. The van der Waals surface area contributed by atoms with E-state index < -0.39 is 0 Å². The van der Waals surface area contributed by atoms with Crippen molar-refractivity contribution < 1.29 is 14.3 Å². The Morgan fingerprint density at radius 2 is 2.22 bits per heavy atom. The van der Waals surface area contributed by atoms with Crippen molar-refractivity contribution in [3.8, 4) is 6.07 Å². The third-order valence-corrected chi connectivity index (χ3v) is 7.05. The summed E-state index contributed by atoms with van der Waals surface area (Å²) in [6, 6.07) is 2.28. The number of hydrogen-bond donors (Lipinski definition) is 1. The third kappa shape index (κ3) is 7.94. The van der Waals surface area contributed by atoms with Crippen LogP contribution in [0.5, 0.6) is 0 Å². The molecule has 1 aliphatic heterocycles. The van der Waals surface area contributed by atoms with Crippen molar-refractivity contribution in [2.45, 2.75) is 58.6 Å². The normalized spacial score (nSPS) is 20.2. The van der Waals surface area contributed by atoms with Crippen LogP contribution in [0.3, 0.4) is 0 Å². The molecule has 0 radical (unpaired) electrons. The molecule has 1 N–H and O–H groups in total. The van der Waals surface area contributed by atoms with Gasteiger partial charge in [0.05, 0.1) is 30.9 Å². The summed E-state index contributed by atoms with van der Waals surface area (Å²) < 4.78 is 10.9. The van der Waals surface area contributed by atoms with Crippen LogP contribution >= 0.6 is 11.3 Å². The van der Waals surface area contributed by atoms with Crippen molar-refractivity contribution in [2.75, 3.05) is 26.3 Å². The number of aromatic nitrogens is 1. The summed E-state index contributed by atoms with van der Waals surface area (Å²) in [6.07, 6.45) is 15.7. The van der Waals surface area contributed by atoms with Gasteiger partial charge in [-0.05, 0) is 51.7 Å². The number of nitrogens with one attached hydrogen (secondary N) is 1. The highest BCUT2D eigenvalue weighted by molar-refractivity contribution is 7.12. The average Bonchev–Trinajstić information content (AvgIpc) is 3.52. The van der Waals surface area contributed by atoms with Crippen molar-refractivity contribution in [1.29, 1.82) is 5.26 Å². The fourth-order valence-corrected chi connectivity index (χ4v) is 5.03. The van der Waals surface area contributed by atoms with Gasteiger partial charge in [0.2, 0.25) is 0 Å². The largest absolute Gasteiger partial charge is 0.490 e. The molecule has 192 valence electrons. The topological polar surface area (TPSA) is 87.5 Å². The van der Waals surface area contributed by atoms with Gasteiger partial charge in [0.25, 0.3) is 0 Å². The van der Waals surface area contributed by atoms with Gasteiger partial charge in [-0.25, -0.2) is 9.78 Å². The summed E-state index contributed by atoms with van der Waals surface area (Å²) in [5, 5.41) is 13.6. The van der Waals surface area contributed by atoms with Crippen LogP contribution in [0.1, 0.15) is 49.9 Å². The lowest BCUT2D eigenvalue weighted by molar-refractivity contribution is 0.0528. The molecule has 0 aromatic carbocycles. The number of allylic oxidation sites excluding steroid dienone is 7. The number of rotatable bonds is 9. The highest BCUT2D eigenvalue weighted by Gasteiger charge is 2.25. The predicted octanol–water partition coefficient (Wildman–Crippen LogP) is 5.55. The Morgan fingerprint density at radius 3 is 2.92 bits per heavy atom. The number of ether oxygens (including phenoxy) is 2. The Hall–Kier alpha value is -3.15. The number of nitriles is 1. The van der Waals surface area contributed by atoms with Crippen LogP contribution < -0.4 is 5.32 Å². The van der Waals surface area contributed by atoms with E-state index >= 15 is 0 Å². The van der Waals surface area contributed by atoms with Gasteiger partial charge >= 0.3 is 6.03 Å². The van der Waals surface area contributed by atoms with Gasteiger partial charge in [0.15, 0.2) is 0 Å². The van der Waals surface area contributed by atoms with Gasteiger partial charge in [-0.3, -0.25) is 0 Å². The van der Waals surface area contributed by atoms with E-state index in [9.17, 15) is 10.1 Å². The zero-order chi connectivity index (χ0) is 25.9. The Balaban J connectivity index is 1.57. The van der Waals surface area contributed by atoms with Crippen molar-refractivity contribution >= 4 is 22.9 Å². The lowest BCUT2D eigenvalue weighted by atomic mass is 10.1. The SMILES string of the molecule is C=C(OC(C)C)/C(C#N)=C\C(=C/C)c1ncc(C/C=C\C=C2/CCC[C@@H]2NC(=O)N2CCOCC2)s1. The molecular weight excluding hydrogens is 472 g/mol. The zero-order valence-electron chi connectivity index (χ0n) is 21.5. The van der Waals surface area contributed by atoms with Crippen molar-refractivity contribution in [1.82, 2.24) is 15.2 Å². The molecule has 1 aromatic rings. The van der Waals surface area contributed by atoms with E-state index in [-0.39, 0.29) is 18.2 Å². The summed E-state index contributed by atoms with van der Waals surface area (Å²) in [7, 11) is 0. The van der Waals surface area contributed by atoms with Crippen molar-refractivity contribution in [2.24, 2.45) is 0 Å². The molecular formula is C28H36N4O3S. The maximum Gasteiger partial charge on any atom is 0.318 e. The molecule has 8 heteroatoms. The Kier molecular flexibility index (Phi) is 10.5. The first-order chi connectivity index (χ1) is 17.4. The minimum atomic E-state index is -0.0444. The van der Waals surface area contributed by atoms with Crippen LogP contribution in [0.15, 0.2) is 60.1 Å². The number of carbonyl (C=O) groups is 1. The van der Waals surface area contributed by atoms with Crippen LogP contribution in [0.25, 0.3) is 5.57 Å². The molecule has 2 fully saturated rings. The van der Waals surface area contributed by atoms with Crippen molar-refractivity contribution in [3.05, 3.63) is 69.9 Å². The van der Waals surface area contributed by atoms with Gasteiger partial charge in [-0.1, -0.05) is 30.9 Å². The van der Waals surface area contributed by atoms with Crippen LogP contribution in [0.4, 0.5) is 4.79 Å². The first-order valence-corrected chi connectivity index (χ1v) is 13.3. The molecule has 0 unspecified atom stereocenters. The Bertz CT molecular complexity index is 1080. The smallest absolute Gasteiger partial charge is 0.318 e.